The molecule has 1 amide bonds. The van der Waals surface area contributed by atoms with Gasteiger partial charge in [-0.3, -0.25) is 9.78 Å². The summed E-state index contributed by atoms with van der Waals surface area (Å²) >= 11 is 0. The van der Waals surface area contributed by atoms with E-state index in [1.54, 1.807) is 13.1 Å². The van der Waals surface area contributed by atoms with Crippen molar-refractivity contribution in [3.63, 3.8) is 0 Å². The van der Waals surface area contributed by atoms with Crippen LogP contribution in [0.5, 0.6) is 0 Å². The average molecular weight is 366 g/mol. The van der Waals surface area contributed by atoms with Crippen molar-refractivity contribution < 1.29 is 4.79 Å². The third kappa shape index (κ3) is 5.82. The molecule has 0 bridgehead atoms. The quantitative estimate of drug-likeness (QED) is 0.643. The van der Waals surface area contributed by atoms with Gasteiger partial charge in [0.25, 0.3) is 5.91 Å². The van der Waals surface area contributed by atoms with E-state index in [2.05, 4.69) is 60.2 Å². The van der Waals surface area contributed by atoms with Crippen molar-refractivity contribution >= 4 is 19.7 Å². The molecule has 1 aromatic carbocycles. The fraction of sp³-hybridized carbons (Fsp3) is 0.381. The molecule has 0 unspecified atom stereocenters. The number of anilines is 1. The third-order valence-corrected chi connectivity index (χ3v) is 4.53. The monoisotopic (exact) mass is 365 g/mol. The Labute approximate surface area is 157 Å². The van der Waals surface area contributed by atoms with Gasteiger partial charge in [0.05, 0.1) is 5.69 Å². The molecule has 2 aromatic rings. The Kier molecular flexibility index (Phi) is 6.33. The van der Waals surface area contributed by atoms with Crippen molar-refractivity contribution in [2.75, 3.05) is 5.32 Å². The van der Waals surface area contributed by atoms with Crippen LogP contribution in [0.2, 0.25) is 19.6 Å². The minimum atomic E-state index is -1.44. The summed E-state index contributed by atoms with van der Waals surface area (Å²) in [5.41, 5.74) is 7.37. The summed E-state index contributed by atoms with van der Waals surface area (Å²) in [4.78, 5) is 20.7. The van der Waals surface area contributed by atoms with Crippen molar-refractivity contribution in [1.29, 1.82) is 0 Å². The molecule has 1 heterocycles. The number of aryl methyl sites for hydroxylation is 1. The zero-order valence-corrected chi connectivity index (χ0v) is 17.5. The molecule has 2 rings (SSSR count). The number of carbonyl (C=O) groups excluding carboxylic acids is 1. The van der Waals surface area contributed by atoms with Crippen LogP contribution in [0.4, 0.5) is 5.69 Å². The predicted molar refractivity (Wildman–Crippen MR) is 110 cm³/mol. The van der Waals surface area contributed by atoms with Crippen molar-refractivity contribution in [3.8, 4) is 11.5 Å². The summed E-state index contributed by atoms with van der Waals surface area (Å²) < 4.78 is 0. The molecule has 5 heteroatoms. The fourth-order valence-corrected chi connectivity index (χ4v) is 2.99. The molecule has 0 fully saturated rings. The lowest BCUT2D eigenvalue weighted by Crippen LogP contribution is -2.17. The van der Waals surface area contributed by atoms with E-state index in [1.807, 2.05) is 18.2 Å². The first-order chi connectivity index (χ1) is 12.2. The Morgan fingerprint density at radius 1 is 1.19 bits per heavy atom. The molecule has 0 aliphatic carbocycles. The van der Waals surface area contributed by atoms with E-state index in [1.165, 1.54) is 11.8 Å². The Morgan fingerprint density at radius 3 is 2.50 bits per heavy atom. The molecule has 4 nitrogen and oxygen atoms in total. The molecule has 0 aliphatic heterocycles. The summed E-state index contributed by atoms with van der Waals surface area (Å²) in [6.45, 7) is 12.9. The fourth-order valence-electron chi connectivity index (χ4n) is 2.48. The maximum atomic E-state index is 12.5. The smallest absolute Gasteiger partial charge is 0.276 e. The van der Waals surface area contributed by atoms with Crippen molar-refractivity contribution in [3.05, 3.63) is 53.1 Å². The number of hydrogen-bond donors (Lipinski definition) is 1. The van der Waals surface area contributed by atoms with Gasteiger partial charge in [0, 0.05) is 23.6 Å². The SMILES string of the molecule is Cc1nccnc1C(=O)Nc1ccc(C#C[Si](C)(C)C)c(CC(C)C)c1. The van der Waals surface area contributed by atoms with Gasteiger partial charge in [0.1, 0.15) is 13.8 Å². The van der Waals surface area contributed by atoms with Gasteiger partial charge in [-0.2, -0.15) is 0 Å². The lowest BCUT2D eigenvalue weighted by molar-refractivity contribution is 0.102. The predicted octanol–water partition coefficient (Wildman–Crippen LogP) is 4.46. The van der Waals surface area contributed by atoms with Gasteiger partial charge in [0.15, 0.2) is 0 Å². The second-order valence-corrected chi connectivity index (χ2v) is 12.7. The topological polar surface area (TPSA) is 54.9 Å². The van der Waals surface area contributed by atoms with Crippen molar-refractivity contribution in [2.24, 2.45) is 5.92 Å². The largest absolute Gasteiger partial charge is 0.321 e. The Balaban J connectivity index is 2.31. The zero-order chi connectivity index (χ0) is 19.3. The van der Waals surface area contributed by atoms with E-state index < -0.39 is 8.07 Å². The number of amides is 1. The second kappa shape index (κ2) is 8.28. The van der Waals surface area contributed by atoms with Crippen LogP contribution in [-0.2, 0) is 6.42 Å². The molecular formula is C21H27N3OSi. The zero-order valence-electron chi connectivity index (χ0n) is 16.5. The van der Waals surface area contributed by atoms with E-state index in [0.717, 1.165) is 17.7 Å². The minimum absolute atomic E-state index is 0.243. The van der Waals surface area contributed by atoms with Gasteiger partial charge < -0.3 is 5.32 Å². The highest BCUT2D eigenvalue weighted by Crippen LogP contribution is 2.20. The van der Waals surface area contributed by atoms with Gasteiger partial charge in [-0.1, -0.05) is 39.4 Å². The Bertz CT molecular complexity index is 858. The highest BCUT2D eigenvalue weighted by Gasteiger charge is 2.13. The third-order valence-electron chi connectivity index (χ3n) is 3.66. The normalized spacial score (nSPS) is 11.0. The van der Waals surface area contributed by atoms with E-state index >= 15 is 0 Å². The van der Waals surface area contributed by atoms with E-state index in [-0.39, 0.29) is 5.91 Å². The van der Waals surface area contributed by atoms with Crippen LogP contribution >= 0.6 is 0 Å². The number of carbonyl (C=O) groups is 1. The Hall–Kier alpha value is -2.45. The molecule has 0 aliphatic rings. The van der Waals surface area contributed by atoms with Gasteiger partial charge in [-0.05, 0) is 43.0 Å². The first-order valence-corrected chi connectivity index (χ1v) is 12.4. The number of aromatic nitrogens is 2. The van der Waals surface area contributed by atoms with Crippen LogP contribution in [0.3, 0.4) is 0 Å². The molecule has 0 saturated carbocycles. The van der Waals surface area contributed by atoms with Gasteiger partial charge in [-0.25, -0.2) is 4.98 Å². The summed E-state index contributed by atoms with van der Waals surface area (Å²) in [7, 11) is -1.44. The molecule has 1 aromatic heterocycles. The minimum Gasteiger partial charge on any atom is -0.321 e. The highest BCUT2D eigenvalue weighted by atomic mass is 28.3. The van der Waals surface area contributed by atoms with Gasteiger partial charge >= 0.3 is 0 Å². The van der Waals surface area contributed by atoms with E-state index in [0.29, 0.717) is 17.3 Å². The number of benzene rings is 1. The summed E-state index contributed by atoms with van der Waals surface area (Å²) in [6.07, 6.45) is 4.03. The van der Waals surface area contributed by atoms with Gasteiger partial charge in [-0.15, -0.1) is 5.54 Å². The summed E-state index contributed by atoms with van der Waals surface area (Å²) in [5, 5.41) is 2.93. The van der Waals surface area contributed by atoms with Crippen LogP contribution in [0.15, 0.2) is 30.6 Å². The van der Waals surface area contributed by atoms with Crippen molar-refractivity contribution in [2.45, 2.75) is 46.8 Å². The number of nitrogens with one attached hydrogen (secondary N) is 1. The first kappa shape index (κ1) is 19.9. The second-order valence-electron chi connectivity index (χ2n) is 7.91. The van der Waals surface area contributed by atoms with Gasteiger partial charge in [0.2, 0.25) is 0 Å². The van der Waals surface area contributed by atoms with E-state index in [4.69, 9.17) is 0 Å². The summed E-state index contributed by atoms with van der Waals surface area (Å²) in [6, 6.07) is 5.93. The molecule has 0 radical (unpaired) electrons. The maximum Gasteiger partial charge on any atom is 0.276 e. The van der Waals surface area contributed by atoms with Crippen LogP contribution in [0.1, 0.15) is 41.2 Å². The summed E-state index contributed by atoms with van der Waals surface area (Å²) in [5.74, 6) is 3.62. The standard InChI is InChI=1S/C21H27N3OSi/c1-15(2)13-18-14-19(8-7-17(18)9-12-26(4,5)6)24-21(25)20-16(3)22-10-11-23-20/h7-8,10-11,14-15H,13H2,1-6H3,(H,24,25). The molecule has 0 saturated heterocycles. The lowest BCUT2D eigenvalue weighted by atomic mass is 9.97. The first-order valence-electron chi connectivity index (χ1n) is 8.91. The molecule has 0 spiro atoms. The molecule has 26 heavy (non-hydrogen) atoms. The molecule has 0 atom stereocenters. The maximum absolute atomic E-state index is 12.5. The number of rotatable bonds is 4. The Morgan fingerprint density at radius 2 is 1.88 bits per heavy atom. The lowest BCUT2D eigenvalue weighted by Gasteiger charge is -2.12. The molecular weight excluding hydrogens is 338 g/mol. The number of nitrogens with zero attached hydrogens (tertiary/aromatic N) is 2. The van der Waals surface area contributed by atoms with Crippen LogP contribution in [-0.4, -0.2) is 23.9 Å². The molecule has 136 valence electrons. The van der Waals surface area contributed by atoms with Crippen molar-refractivity contribution in [1.82, 2.24) is 9.97 Å². The highest BCUT2D eigenvalue weighted by molar-refractivity contribution is 6.83. The molecule has 1 N–H and O–H groups in total. The van der Waals surface area contributed by atoms with Crippen LogP contribution < -0.4 is 5.32 Å². The van der Waals surface area contributed by atoms with E-state index in [9.17, 15) is 4.79 Å². The number of hydrogen-bond acceptors (Lipinski definition) is 3. The van der Waals surface area contributed by atoms with Crippen LogP contribution in [0.25, 0.3) is 0 Å². The average Bonchev–Trinajstić information content (AvgIpc) is 2.53. The van der Waals surface area contributed by atoms with Crippen LogP contribution in [0, 0.1) is 24.3 Å².